The molecule has 0 amide bonds. The number of aryl methyl sites for hydroxylation is 1. The Bertz CT molecular complexity index is 397. The number of aromatic nitrogens is 2. The normalized spacial score (nSPS) is 11.4. The van der Waals surface area contributed by atoms with Gasteiger partial charge in [-0.25, -0.2) is 9.97 Å². The molecule has 0 saturated carbocycles. The molecule has 0 atom stereocenters. The first-order chi connectivity index (χ1) is 9.59. The predicted octanol–water partition coefficient (Wildman–Crippen LogP) is 2.82. The van der Waals surface area contributed by atoms with Crippen LogP contribution in [0.3, 0.4) is 0 Å². The second-order valence-electron chi connectivity index (χ2n) is 5.33. The van der Waals surface area contributed by atoms with E-state index in [0.29, 0.717) is 0 Å². The molecular weight excluding hydrogens is 252 g/mol. The summed E-state index contributed by atoms with van der Waals surface area (Å²) in [6, 6.07) is 1.93. The lowest BCUT2D eigenvalue weighted by molar-refractivity contribution is 0.127. The Kier molecular flexibility index (Phi) is 6.71. The lowest BCUT2D eigenvalue weighted by Crippen LogP contribution is -2.32. The van der Waals surface area contributed by atoms with E-state index in [-0.39, 0.29) is 12.0 Å². The SMILES string of the molecule is CCCNc1cc(NCC(CC)(CC)CO)nc(C)n1. The van der Waals surface area contributed by atoms with Crippen LogP contribution in [0, 0.1) is 12.3 Å². The Balaban J connectivity index is 2.74. The number of hydrogen-bond acceptors (Lipinski definition) is 5. The molecular formula is C15H28N4O. The zero-order valence-corrected chi connectivity index (χ0v) is 13.2. The molecule has 1 heterocycles. The minimum absolute atomic E-state index is 0.0735. The van der Waals surface area contributed by atoms with Crippen LogP contribution in [0.5, 0.6) is 0 Å². The van der Waals surface area contributed by atoms with Crippen molar-refractivity contribution in [3.05, 3.63) is 11.9 Å². The maximum atomic E-state index is 9.59. The van der Waals surface area contributed by atoms with E-state index < -0.39 is 0 Å². The molecule has 1 aromatic heterocycles. The van der Waals surface area contributed by atoms with Crippen molar-refractivity contribution < 1.29 is 5.11 Å². The van der Waals surface area contributed by atoms with Gasteiger partial charge in [0, 0.05) is 24.6 Å². The number of hydrogen-bond donors (Lipinski definition) is 3. The summed E-state index contributed by atoms with van der Waals surface area (Å²) in [6.45, 7) is 10.1. The molecule has 20 heavy (non-hydrogen) atoms. The van der Waals surface area contributed by atoms with Crippen LogP contribution in [0.25, 0.3) is 0 Å². The van der Waals surface area contributed by atoms with Gasteiger partial charge in [0.05, 0.1) is 6.61 Å². The molecule has 5 heteroatoms. The number of aliphatic hydroxyl groups excluding tert-OH is 1. The van der Waals surface area contributed by atoms with Crippen LogP contribution >= 0.6 is 0 Å². The highest BCUT2D eigenvalue weighted by atomic mass is 16.3. The maximum absolute atomic E-state index is 9.59. The Morgan fingerprint density at radius 3 is 2.20 bits per heavy atom. The van der Waals surface area contributed by atoms with E-state index in [1.807, 2.05) is 13.0 Å². The highest BCUT2D eigenvalue weighted by molar-refractivity contribution is 5.47. The average Bonchev–Trinajstić information content (AvgIpc) is 2.47. The van der Waals surface area contributed by atoms with E-state index in [0.717, 1.165) is 49.8 Å². The van der Waals surface area contributed by atoms with Crippen LogP contribution < -0.4 is 10.6 Å². The third kappa shape index (κ3) is 4.63. The van der Waals surface area contributed by atoms with Crippen LogP contribution in [0.15, 0.2) is 6.07 Å². The molecule has 114 valence electrons. The zero-order chi connectivity index (χ0) is 15.0. The van der Waals surface area contributed by atoms with Crippen LogP contribution in [0.2, 0.25) is 0 Å². The van der Waals surface area contributed by atoms with E-state index >= 15 is 0 Å². The topological polar surface area (TPSA) is 70.1 Å². The molecule has 0 aliphatic rings. The van der Waals surface area contributed by atoms with Gasteiger partial charge < -0.3 is 15.7 Å². The lowest BCUT2D eigenvalue weighted by Gasteiger charge is -2.29. The Labute approximate surface area is 122 Å². The zero-order valence-electron chi connectivity index (χ0n) is 13.2. The smallest absolute Gasteiger partial charge is 0.131 e. The number of nitrogens with zero attached hydrogens (tertiary/aromatic N) is 2. The first-order valence-electron chi connectivity index (χ1n) is 7.53. The molecule has 0 radical (unpaired) electrons. The van der Waals surface area contributed by atoms with Crippen LogP contribution in [0.4, 0.5) is 11.6 Å². The second-order valence-corrected chi connectivity index (χ2v) is 5.33. The van der Waals surface area contributed by atoms with Crippen molar-refractivity contribution in [1.82, 2.24) is 9.97 Å². The van der Waals surface area contributed by atoms with Gasteiger partial charge in [-0.1, -0.05) is 20.8 Å². The molecule has 0 bridgehead atoms. The monoisotopic (exact) mass is 280 g/mol. The van der Waals surface area contributed by atoms with Gasteiger partial charge in [0.2, 0.25) is 0 Å². The molecule has 1 rings (SSSR count). The number of aliphatic hydroxyl groups is 1. The second kappa shape index (κ2) is 8.04. The van der Waals surface area contributed by atoms with Gasteiger partial charge in [-0.15, -0.1) is 0 Å². The highest BCUT2D eigenvalue weighted by Crippen LogP contribution is 2.26. The largest absolute Gasteiger partial charge is 0.396 e. The summed E-state index contributed by atoms with van der Waals surface area (Å²) < 4.78 is 0. The number of rotatable bonds is 9. The van der Waals surface area contributed by atoms with Gasteiger partial charge in [-0.3, -0.25) is 0 Å². The van der Waals surface area contributed by atoms with Crippen molar-refractivity contribution in [2.24, 2.45) is 5.41 Å². The molecule has 0 aliphatic carbocycles. The van der Waals surface area contributed by atoms with Crippen molar-refractivity contribution >= 4 is 11.6 Å². The fraction of sp³-hybridized carbons (Fsp3) is 0.733. The summed E-state index contributed by atoms with van der Waals surface area (Å²) in [5.74, 6) is 2.41. The fourth-order valence-electron chi connectivity index (χ4n) is 2.06. The van der Waals surface area contributed by atoms with Gasteiger partial charge in [-0.05, 0) is 26.2 Å². The third-order valence-electron chi connectivity index (χ3n) is 3.87. The summed E-state index contributed by atoms with van der Waals surface area (Å²) in [5, 5.41) is 16.2. The van der Waals surface area contributed by atoms with Crippen molar-refractivity contribution in [1.29, 1.82) is 0 Å². The minimum Gasteiger partial charge on any atom is -0.396 e. The molecule has 0 aliphatic heterocycles. The van der Waals surface area contributed by atoms with E-state index in [4.69, 9.17) is 0 Å². The van der Waals surface area contributed by atoms with Crippen LogP contribution in [-0.4, -0.2) is 34.8 Å². The van der Waals surface area contributed by atoms with E-state index in [1.54, 1.807) is 0 Å². The summed E-state index contributed by atoms with van der Waals surface area (Å²) >= 11 is 0. The molecule has 0 saturated heterocycles. The van der Waals surface area contributed by atoms with E-state index in [1.165, 1.54) is 0 Å². The molecule has 0 aromatic carbocycles. The van der Waals surface area contributed by atoms with Gasteiger partial charge in [0.25, 0.3) is 0 Å². The van der Waals surface area contributed by atoms with Gasteiger partial charge >= 0.3 is 0 Å². The Hall–Kier alpha value is -1.36. The molecule has 1 aromatic rings. The third-order valence-corrected chi connectivity index (χ3v) is 3.87. The van der Waals surface area contributed by atoms with Gasteiger partial charge in [0.15, 0.2) is 0 Å². The lowest BCUT2D eigenvalue weighted by atomic mass is 9.83. The standard InChI is InChI=1S/C15H28N4O/c1-5-8-16-13-9-14(19-12(4)18-13)17-10-15(6-2,7-3)11-20/h9,20H,5-8,10-11H2,1-4H3,(H2,16,17,18,19). The fourth-order valence-corrected chi connectivity index (χ4v) is 2.06. The molecule has 5 nitrogen and oxygen atoms in total. The summed E-state index contributed by atoms with van der Waals surface area (Å²) in [5.41, 5.74) is -0.0735. The van der Waals surface area contributed by atoms with Crippen molar-refractivity contribution in [2.45, 2.75) is 47.0 Å². The minimum atomic E-state index is -0.0735. The Morgan fingerprint density at radius 2 is 1.70 bits per heavy atom. The quantitative estimate of drug-likeness (QED) is 0.649. The van der Waals surface area contributed by atoms with Gasteiger partial charge in [-0.2, -0.15) is 0 Å². The van der Waals surface area contributed by atoms with Crippen molar-refractivity contribution in [3.8, 4) is 0 Å². The van der Waals surface area contributed by atoms with Crippen molar-refractivity contribution in [3.63, 3.8) is 0 Å². The molecule has 0 fully saturated rings. The van der Waals surface area contributed by atoms with Crippen LogP contribution in [0.1, 0.15) is 45.9 Å². The van der Waals surface area contributed by atoms with Crippen LogP contribution in [-0.2, 0) is 0 Å². The highest BCUT2D eigenvalue weighted by Gasteiger charge is 2.25. The molecule has 0 unspecified atom stereocenters. The first-order valence-corrected chi connectivity index (χ1v) is 7.53. The summed E-state index contributed by atoms with van der Waals surface area (Å²) in [6.07, 6.45) is 2.95. The van der Waals surface area contributed by atoms with Gasteiger partial charge in [0.1, 0.15) is 17.5 Å². The van der Waals surface area contributed by atoms with E-state index in [9.17, 15) is 5.11 Å². The van der Waals surface area contributed by atoms with Crippen molar-refractivity contribution in [2.75, 3.05) is 30.3 Å². The number of nitrogens with one attached hydrogen (secondary N) is 2. The Morgan fingerprint density at radius 1 is 1.10 bits per heavy atom. The summed E-state index contributed by atoms with van der Waals surface area (Å²) in [4.78, 5) is 8.77. The molecule has 3 N–H and O–H groups in total. The molecule has 0 spiro atoms. The summed E-state index contributed by atoms with van der Waals surface area (Å²) in [7, 11) is 0. The first kappa shape index (κ1) is 16.7. The predicted molar refractivity (Wildman–Crippen MR) is 84.1 cm³/mol. The number of anilines is 2. The maximum Gasteiger partial charge on any atom is 0.131 e. The average molecular weight is 280 g/mol. The van der Waals surface area contributed by atoms with E-state index in [2.05, 4.69) is 41.4 Å².